The van der Waals surface area contributed by atoms with Crippen LogP contribution in [0.4, 0.5) is 4.79 Å². The van der Waals surface area contributed by atoms with Crippen LogP contribution in [0.25, 0.3) is 0 Å². The molecule has 1 aromatic heterocycles. The van der Waals surface area contributed by atoms with Crippen LogP contribution in [0, 0.1) is 0 Å². The van der Waals surface area contributed by atoms with E-state index in [1.807, 2.05) is 29.6 Å². The Hall–Kier alpha value is -2.01. The second-order valence-corrected chi connectivity index (χ2v) is 5.79. The van der Waals surface area contributed by atoms with Gasteiger partial charge in [-0.05, 0) is 34.9 Å². The van der Waals surface area contributed by atoms with Gasteiger partial charge in [-0.25, -0.2) is 4.79 Å². The molecule has 5 heteroatoms. The van der Waals surface area contributed by atoms with E-state index in [1.165, 1.54) is 5.56 Å². The summed E-state index contributed by atoms with van der Waals surface area (Å²) in [7, 11) is 0. The Kier molecular flexibility index (Phi) is 4.40. The molecule has 0 saturated carbocycles. The largest absolute Gasteiger partial charge is 0.493 e. The Balaban J connectivity index is 1.51. The number of para-hydroxylation sites is 1. The van der Waals surface area contributed by atoms with Crippen LogP contribution < -0.4 is 15.4 Å². The number of thiophene rings is 1. The second-order valence-electron chi connectivity index (χ2n) is 5.01. The van der Waals surface area contributed by atoms with Crippen molar-refractivity contribution < 1.29 is 9.53 Å². The average Bonchev–Trinajstić information content (AvgIpc) is 3.01. The lowest BCUT2D eigenvalue weighted by molar-refractivity contribution is 0.223. The molecule has 2 aromatic rings. The third-order valence-electron chi connectivity index (χ3n) is 3.54. The zero-order chi connectivity index (χ0) is 14.5. The number of nitrogens with one attached hydrogen (secondary N) is 2. The first-order chi connectivity index (χ1) is 10.3. The van der Waals surface area contributed by atoms with Crippen LogP contribution in [0.2, 0.25) is 0 Å². The Labute approximate surface area is 128 Å². The monoisotopic (exact) mass is 302 g/mol. The predicted molar refractivity (Wildman–Crippen MR) is 83.9 cm³/mol. The number of fused-ring (bicyclic) bond motifs is 1. The summed E-state index contributed by atoms with van der Waals surface area (Å²) in [6.07, 6.45) is 1.66. The van der Waals surface area contributed by atoms with Crippen LogP contribution in [-0.2, 0) is 6.42 Å². The molecule has 2 N–H and O–H groups in total. The highest BCUT2D eigenvalue weighted by molar-refractivity contribution is 7.07. The van der Waals surface area contributed by atoms with Crippen molar-refractivity contribution >= 4 is 17.4 Å². The van der Waals surface area contributed by atoms with Crippen molar-refractivity contribution in [3.63, 3.8) is 0 Å². The van der Waals surface area contributed by atoms with Gasteiger partial charge < -0.3 is 15.4 Å². The number of hydrogen-bond acceptors (Lipinski definition) is 3. The number of carbonyl (C=O) groups excluding carboxylic acids is 1. The summed E-state index contributed by atoms with van der Waals surface area (Å²) in [4.78, 5) is 12.0. The van der Waals surface area contributed by atoms with Gasteiger partial charge in [0.25, 0.3) is 0 Å². The van der Waals surface area contributed by atoms with E-state index in [0.717, 1.165) is 24.2 Å². The van der Waals surface area contributed by atoms with E-state index < -0.39 is 0 Å². The molecule has 4 nitrogen and oxygen atoms in total. The first kappa shape index (κ1) is 13.9. The number of ether oxygens (including phenoxy) is 1. The molecule has 0 bridgehead atoms. The fraction of sp³-hybridized carbons (Fsp3) is 0.312. The van der Waals surface area contributed by atoms with Crippen LogP contribution in [0.1, 0.15) is 23.6 Å². The van der Waals surface area contributed by atoms with Gasteiger partial charge in [0, 0.05) is 18.5 Å². The maximum Gasteiger partial charge on any atom is 0.315 e. The molecule has 0 spiro atoms. The summed E-state index contributed by atoms with van der Waals surface area (Å²) in [6, 6.07) is 9.85. The summed E-state index contributed by atoms with van der Waals surface area (Å²) in [6.45, 7) is 1.28. The average molecular weight is 302 g/mol. The SMILES string of the molecule is O=C(NCCc1ccsc1)N[C@H]1CCOc2ccccc21. The normalized spacial score (nSPS) is 16.7. The zero-order valence-corrected chi connectivity index (χ0v) is 12.5. The van der Waals surface area contributed by atoms with Gasteiger partial charge in [0.05, 0.1) is 12.6 Å². The van der Waals surface area contributed by atoms with Gasteiger partial charge in [-0.15, -0.1) is 0 Å². The molecule has 0 radical (unpaired) electrons. The minimum atomic E-state index is -0.119. The molecular formula is C16H18N2O2S. The highest BCUT2D eigenvalue weighted by Crippen LogP contribution is 2.31. The molecular weight excluding hydrogens is 284 g/mol. The van der Waals surface area contributed by atoms with E-state index in [2.05, 4.69) is 22.1 Å². The molecule has 1 aliphatic heterocycles. The van der Waals surface area contributed by atoms with Gasteiger partial charge in [-0.3, -0.25) is 0 Å². The van der Waals surface area contributed by atoms with E-state index in [0.29, 0.717) is 13.2 Å². The van der Waals surface area contributed by atoms with Crippen molar-refractivity contribution in [3.05, 3.63) is 52.2 Å². The van der Waals surface area contributed by atoms with Crippen LogP contribution in [0.5, 0.6) is 5.75 Å². The zero-order valence-electron chi connectivity index (χ0n) is 11.7. The van der Waals surface area contributed by atoms with E-state index >= 15 is 0 Å². The van der Waals surface area contributed by atoms with E-state index in [1.54, 1.807) is 11.3 Å². The standard InChI is InChI=1S/C16H18N2O2S/c19-16(17-8-5-12-7-10-21-11-12)18-14-6-9-20-15-4-2-1-3-13(14)15/h1-4,7,10-11,14H,5-6,8-9H2,(H2,17,18,19)/t14-/m0/s1. The number of benzene rings is 1. The Morgan fingerprint density at radius 3 is 3.10 bits per heavy atom. The lowest BCUT2D eigenvalue weighted by Crippen LogP contribution is -2.40. The summed E-state index contributed by atoms with van der Waals surface area (Å²) >= 11 is 1.68. The minimum absolute atomic E-state index is 0.0242. The van der Waals surface area contributed by atoms with Crippen LogP contribution >= 0.6 is 11.3 Å². The van der Waals surface area contributed by atoms with Crippen LogP contribution in [-0.4, -0.2) is 19.2 Å². The maximum atomic E-state index is 12.0. The molecule has 1 aliphatic rings. The van der Waals surface area contributed by atoms with Crippen molar-refractivity contribution in [2.24, 2.45) is 0 Å². The number of hydrogen-bond donors (Lipinski definition) is 2. The molecule has 3 rings (SSSR count). The Morgan fingerprint density at radius 2 is 2.24 bits per heavy atom. The van der Waals surface area contributed by atoms with Crippen LogP contribution in [0.3, 0.4) is 0 Å². The van der Waals surface area contributed by atoms with E-state index in [4.69, 9.17) is 4.74 Å². The maximum absolute atomic E-state index is 12.0. The number of rotatable bonds is 4. The number of urea groups is 1. The van der Waals surface area contributed by atoms with Gasteiger partial charge in [-0.1, -0.05) is 18.2 Å². The molecule has 21 heavy (non-hydrogen) atoms. The second kappa shape index (κ2) is 6.63. The minimum Gasteiger partial charge on any atom is -0.493 e. The smallest absolute Gasteiger partial charge is 0.315 e. The molecule has 0 saturated heterocycles. The lowest BCUT2D eigenvalue weighted by atomic mass is 10.0. The van der Waals surface area contributed by atoms with Gasteiger partial charge in [-0.2, -0.15) is 11.3 Å². The van der Waals surface area contributed by atoms with E-state index in [9.17, 15) is 4.79 Å². The molecule has 0 aliphatic carbocycles. The number of carbonyl (C=O) groups is 1. The highest BCUT2D eigenvalue weighted by Gasteiger charge is 2.22. The van der Waals surface area contributed by atoms with Crippen molar-refractivity contribution in [3.8, 4) is 5.75 Å². The summed E-state index contributed by atoms with van der Waals surface area (Å²) in [5.41, 5.74) is 2.31. The van der Waals surface area contributed by atoms with Crippen molar-refractivity contribution in [2.75, 3.05) is 13.2 Å². The highest BCUT2D eigenvalue weighted by atomic mass is 32.1. The molecule has 0 fully saturated rings. The Bertz CT molecular complexity index is 598. The van der Waals surface area contributed by atoms with Gasteiger partial charge in [0.15, 0.2) is 0 Å². The quantitative estimate of drug-likeness (QED) is 0.911. The van der Waals surface area contributed by atoms with Gasteiger partial charge in [0.2, 0.25) is 0 Å². The third kappa shape index (κ3) is 3.55. The molecule has 110 valence electrons. The fourth-order valence-corrected chi connectivity index (χ4v) is 3.16. The Morgan fingerprint density at radius 1 is 1.33 bits per heavy atom. The van der Waals surface area contributed by atoms with E-state index in [-0.39, 0.29) is 12.1 Å². The predicted octanol–water partition coefficient (Wildman–Crippen LogP) is 3.11. The first-order valence-corrected chi connectivity index (χ1v) is 8.04. The summed E-state index contributed by atoms with van der Waals surface area (Å²) in [5.74, 6) is 0.868. The fourth-order valence-electron chi connectivity index (χ4n) is 2.46. The molecule has 2 amide bonds. The molecule has 0 unspecified atom stereocenters. The van der Waals surface area contributed by atoms with Crippen molar-refractivity contribution in [1.82, 2.24) is 10.6 Å². The molecule has 1 aromatic carbocycles. The lowest BCUT2D eigenvalue weighted by Gasteiger charge is -2.26. The van der Waals surface area contributed by atoms with Crippen LogP contribution in [0.15, 0.2) is 41.1 Å². The summed E-state index contributed by atoms with van der Waals surface area (Å²) in [5, 5.41) is 10.1. The van der Waals surface area contributed by atoms with Gasteiger partial charge >= 0.3 is 6.03 Å². The topological polar surface area (TPSA) is 50.4 Å². The first-order valence-electron chi connectivity index (χ1n) is 7.10. The van der Waals surface area contributed by atoms with Crippen molar-refractivity contribution in [2.45, 2.75) is 18.9 Å². The molecule has 2 heterocycles. The van der Waals surface area contributed by atoms with Crippen molar-refractivity contribution in [1.29, 1.82) is 0 Å². The summed E-state index contributed by atoms with van der Waals surface area (Å²) < 4.78 is 5.59. The molecule has 1 atom stereocenters. The van der Waals surface area contributed by atoms with Gasteiger partial charge in [0.1, 0.15) is 5.75 Å². The third-order valence-corrected chi connectivity index (χ3v) is 4.28. The number of amides is 2.